The van der Waals surface area contributed by atoms with Gasteiger partial charge in [-0.2, -0.15) is 0 Å². The molecule has 5 heteroatoms. The van der Waals surface area contributed by atoms with E-state index in [1.165, 1.54) is 25.9 Å². The Morgan fingerprint density at radius 3 is 3.10 bits per heavy atom. The second-order valence-corrected chi connectivity index (χ2v) is 6.18. The van der Waals surface area contributed by atoms with Gasteiger partial charge < -0.3 is 14.6 Å². The lowest BCUT2D eigenvalue weighted by molar-refractivity contribution is 0.0924. The Bertz CT molecular complexity index is 644. The zero-order valence-corrected chi connectivity index (χ0v) is 11.9. The molecule has 0 aromatic carbocycles. The molecule has 0 radical (unpaired) electrons. The molecule has 1 amide bonds. The normalized spacial score (nSPS) is 28.5. The highest BCUT2D eigenvalue weighted by Crippen LogP contribution is 2.26. The first-order valence-electron chi connectivity index (χ1n) is 7.64. The summed E-state index contributed by atoms with van der Waals surface area (Å²) in [6, 6.07) is 3.80. The second-order valence-electron chi connectivity index (χ2n) is 6.18. The Morgan fingerprint density at radius 2 is 2.24 bits per heavy atom. The summed E-state index contributed by atoms with van der Waals surface area (Å²) in [4.78, 5) is 19.1. The van der Waals surface area contributed by atoms with Gasteiger partial charge in [0.05, 0.1) is 6.26 Å². The van der Waals surface area contributed by atoms with E-state index in [0.29, 0.717) is 11.3 Å². The summed E-state index contributed by atoms with van der Waals surface area (Å²) in [7, 11) is 0. The molecule has 5 nitrogen and oxygen atoms in total. The van der Waals surface area contributed by atoms with E-state index in [1.54, 1.807) is 18.5 Å². The third-order valence-corrected chi connectivity index (χ3v) is 4.71. The third kappa shape index (κ3) is 2.53. The highest BCUT2D eigenvalue weighted by Gasteiger charge is 2.30. The highest BCUT2D eigenvalue weighted by atomic mass is 16.3. The summed E-state index contributed by atoms with van der Waals surface area (Å²) < 4.78 is 5.33. The quantitative estimate of drug-likeness (QED) is 0.917. The Hall–Kier alpha value is -1.88. The van der Waals surface area contributed by atoms with Gasteiger partial charge in [-0.15, -0.1) is 0 Å². The third-order valence-electron chi connectivity index (χ3n) is 4.71. The monoisotopic (exact) mass is 285 g/mol. The number of pyridine rings is 1. The molecule has 2 bridgehead atoms. The van der Waals surface area contributed by atoms with Crippen LogP contribution in [0.4, 0.5) is 0 Å². The molecule has 0 aliphatic carbocycles. The van der Waals surface area contributed by atoms with Crippen molar-refractivity contribution in [3.8, 4) is 0 Å². The molecule has 0 unspecified atom stereocenters. The van der Waals surface area contributed by atoms with Crippen LogP contribution in [-0.4, -0.2) is 41.5 Å². The van der Waals surface area contributed by atoms with Crippen molar-refractivity contribution in [3.05, 3.63) is 30.3 Å². The fourth-order valence-electron chi connectivity index (χ4n) is 3.54. The van der Waals surface area contributed by atoms with Gasteiger partial charge in [0.15, 0.2) is 0 Å². The van der Waals surface area contributed by atoms with E-state index in [1.807, 2.05) is 6.07 Å². The van der Waals surface area contributed by atoms with Crippen LogP contribution in [0.1, 0.15) is 29.8 Å². The molecular formula is C16H19N3O2. The SMILES string of the molecule is O=C(N[C@@H]1CC2CCN(CC2)C1)c1cc2occc2cn1. The summed E-state index contributed by atoms with van der Waals surface area (Å²) in [5.41, 5.74) is 1.14. The average molecular weight is 285 g/mol. The molecule has 1 atom stereocenters. The van der Waals surface area contributed by atoms with E-state index in [2.05, 4.69) is 15.2 Å². The molecule has 3 fully saturated rings. The van der Waals surface area contributed by atoms with Crippen molar-refractivity contribution in [2.75, 3.05) is 19.6 Å². The lowest BCUT2D eigenvalue weighted by Gasteiger charge is -2.26. The van der Waals surface area contributed by atoms with Gasteiger partial charge in [-0.25, -0.2) is 0 Å². The minimum Gasteiger partial charge on any atom is -0.464 e. The van der Waals surface area contributed by atoms with Crippen molar-refractivity contribution in [2.45, 2.75) is 25.3 Å². The molecule has 3 aliphatic rings. The molecule has 5 heterocycles. The Morgan fingerprint density at radius 1 is 1.38 bits per heavy atom. The van der Waals surface area contributed by atoms with Crippen LogP contribution in [0.15, 0.2) is 29.0 Å². The fraction of sp³-hybridized carbons (Fsp3) is 0.500. The summed E-state index contributed by atoms with van der Waals surface area (Å²) in [6.45, 7) is 3.31. The zero-order valence-electron chi connectivity index (χ0n) is 11.9. The molecule has 0 spiro atoms. The maximum Gasteiger partial charge on any atom is 0.270 e. The van der Waals surface area contributed by atoms with Gasteiger partial charge in [0.25, 0.3) is 5.91 Å². The van der Waals surface area contributed by atoms with Gasteiger partial charge in [0, 0.05) is 30.2 Å². The van der Waals surface area contributed by atoms with E-state index >= 15 is 0 Å². The van der Waals surface area contributed by atoms with E-state index in [-0.39, 0.29) is 11.9 Å². The highest BCUT2D eigenvalue weighted by molar-refractivity contribution is 5.95. The van der Waals surface area contributed by atoms with Crippen molar-refractivity contribution in [1.29, 1.82) is 0 Å². The first kappa shape index (κ1) is 12.8. The van der Waals surface area contributed by atoms with Crippen molar-refractivity contribution >= 4 is 16.9 Å². The molecule has 110 valence electrons. The number of amides is 1. The number of aromatic nitrogens is 1. The number of carbonyl (C=O) groups excluding carboxylic acids is 1. The zero-order chi connectivity index (χ0) is 14.2. The van der Waals surface area contributed by atoms with E-state index in [4.69, 9.17) is 4.42 Å². The maximum atomic E-state index is 12.4. The van der Waals surface area contributed by atoms with Crippen LogP contribution in [0.5, 0.6) is 0 Å². The molecule has 3 saturated heterocycles. The summed E-state index contributed by atoms with van der Waals surface area (Å²) in [5, 5.41) is 4.07. The van der Waals surface area contributed by atoms with Gasteiger partial charge in [-0.1, -0.05) is 0 Å². The van der Waals surface area contributed by atoms with Crippen molar-refractivity contribution < 1.29 is 9.21 Å². The van der Waals surface area contributed by atoms with Crippen molar-refractivity contribution in [1.82, 2.24) is 15.2 Å². The average Bonchev–Trinajstić information content (AvgIpc) is 2.78. The number of rotatable bonds is 2. The first-order chi connectivity index (χ1) is 10.3. The van der Waals surface area contributed by atoms with Crippen LogP contribution in [-0.2, 0) is 0 Å². The number of piperidine rings is 1. The predicted octanol–water partition coefficient (Wildman–Crippen LogP) is 2.04. The van der Waals surface area contributed by atoms with Gasteiger partial charge in [0.1, 0.15) is 11.3 Å². The number of fused-ring (bicyclic) bond motifs is 5. The standard InChI is InChI=1S/C16H19N3O2/c20-16(14-8-15-12(9-17-14)3-6-21-15)18-13-7-11-1-4-19(10-13)5-2-11/h3,6,8-9,11,13H,1-2,4-5,7,10H2,(H,18,20)/t13-/m1/s1. The van der Waals surface area contributed by atoms with Gasteiger partial charge in [-0.3, -0.25) is 9.78 Å². The minimum atomic E-state index is -0.0965. The molecule has 21 heavy (non-hydrogen) atoms. The van der Waals surface area contributed by atoms with Crippen LogP contribution in [0.2, 0.25) is 0 Å². The second kappa shape index (κ2) is 5.15. The molecule has 5 rings (SSSR count). The Labute approximate surface area is 123 Å². The largest absolute Gasteiger partial charge is 0.464 e. The number of nitrogens with one attached hydrogen (secondary N) is 1. The maximum absolute atomic E-state index is 12.4. The van der Waals surface area contributed by atoms with Gasteiger partial charge in [0.2, 0.25) is 0 Å². The smallest absolute Gasteiger partial charge is 0.270 e. The topological polar surface area (TPSA) is 58.4 Å². The van der Waals surface area contributed by atoms with Gasteiger partial charge >= 0.3 is 0 Å². The first-order valence-corrected chi connectivity index (χ1v) is 7.64. The van der Waals surface area contributed by atoms with E-state index in [0.717, 1.165) is 24.3 Å². The van der Waals surface area contributed by atoms with Crippen LogP contribution >= 0.6 is 0 Å². The number of hydrogen-bond acceptors (Lipinski definition) is 4. The van der Waals surface area contributed by atoms with Crippen molar-refractivity contribution in [3.63, 3.8) is 0 Å². The molecule has 3 aliphatic heterocycles. The van der Waals surface area contributed by atoms with Crippen molar-refractivity contribution in [2.24, 2.45) is 5.92 Å². The number of nitrogens with zero attached hydrogens (tertiary/aromatic N) is 2. The lowest BCUT2D eigenvalue weighted by Crippen LogP contribution is -2.42. The van der Waals surface area contributed by atoms with Gasteiger partial charge in [-0.05, 0) is 44.3 Å². The Balaban J connectivity index is 1.49. The van der Waals surface area contributed by atoms with E-state index in [9.17, 15) is 4.79 Å². The predicted molar refractivity (Wildman–Crippen MR) is 79.0 cm³/mol. The molecule has 2 aromatic rings. The lowest BCUT2D eigenvalue weighted by atomic mass is 9.94. The summed E-state index contributed by atoms with van der Waals surface area (Å²) in [6.07, 6.45) is 6.93. The minimum absolute atomic E-state index is 0.0965. The summed E-state index contributed by atoms with van der Waals surface area (Å²) in [5.74, 6) is 0.662. The van der Waals surface area contributed by atoms with Crippen LogP contribution in [0.3, 0.4) is 0 Å². The van der Waals surface area contributed by atoms with Crippen LogP contribution in [0.25, 0.3) is 11.0 Å². The molecule has 2 aromatic heterocycles. The van der Waals surface area contributed by atoms with E-state index < -0.39 is 0 Å². The fourth-order valence-corrected chi connectivity index (χ4v) is 3.54. The molecular weight excluding hydrogens is 266 g/mol. The molecule has 0 saturated carbocycles. The Kier molecular flexibility index (Phi) is 3.15. The number of hydrogen-bond donors (Lipinski definition) is 1. The summed E-state index contributed by atoms with van der Waals surface area (Å²) >= 11 is 0. The van der Waals surface area contributed by atoms with Crippen LogP contribution in [0, 0.1) is 5.92 Å². The van der Waals surface area contributed by atoms with Crippen LogP contribution < -0.4 is 5.32 Å². The number of carbonyl (C=O) groups is 1. The number of furan rings is 1. The molecule has 1 N–H and O–H groups in total.